The van der Waals surface area contributed by atoms with Crippen LogP contribution < -0.4 is 20.7 Å². The van der Waals surface area contributed by atoms with Crippen LogP contribution in [0.15, 0.2) is 24.4 Å². The Hall–Kier alpha value is -3.05. The summed E-state index contributed by atoms with van der Waals surface area (Å²) in [5.74, 6) is -2.02. The molecule has 1 saturated carbocycles. The van der Waals surface area contributed by atoms with E-state index in [2.05, 4.69) is 20.9 Å². The molecule has 1 aromatic carbocycles. The lowest BCUT2D eigenvalue weighted by molar-refractivity contribution is -0.131. The monoisotopic (exact) mass is 558 g/mol. The number of carbonyl (C=O) groups excluding carboxylic acids is 3. The van der Waals surface area contributed by atoms with Gasteiger partial charge in [-0.1, -0.05) is 23.2 Å². The molecule has 13 heteroatoms. The van der Waals surface area contributed by atoms with Crippen molar-refractivity contribution < 1.29 is 32.3 Å². The predicted molar refractivity (Wildman–Crippen MR) is 129 cm³/mol. The van der Waals surface area contributed by atoms with Crippen LogP contribution in [0, 0.1) is 5.82 Å². The van der Waals surface area contributed by atoms with Gasteiger partial charge in [-0.25, -0.2) is 13.2 Å². The second kappa shape index (κ2) is 10.7. The van der Waals surface area contributed by atoms with Crippen LogP contribution in [0.4, 0.5) is 13.2 Å². The van der Waals surface area contributed by atoms with Gasteiger partial charge in [0.15, 0.2) is 0 Å². The molecule has 1 aliphatic heterocycles. The zero-order valence-corrected chi connectivity index (χ0v) is 21.1. The molecular formula is C24H23Cl2F3N4O4. The van der Waals surface area contributed by atoms with Gasteiger partial charge in [0.1, 0.15) is 29.8 Å². The van der Waals surface area contributed by atoms with Gasteiger partial charge in [0, 0.05) is 28.8 Å². The van der Waals surface area contributed by atoms with Gasteiger partial charge in [0.05, 0.1) is 16.8 Å². The number of nitrogens with one attached hydrogen (secondary N) is 3. The molecule has 2 fully saturated rings. The summed E-state index contributed by atoms with van der Waals surface area (Å²) in [5, 5.41) is 8.08. The maximum atomic E-state index is 15.1. The summed E-state index contributed by atoms with van der Waals surface area (Å²) >= 11 is 12.2. The SMILES string of the molecule is C[C@@H](NC(=O)C1(NC(=O)[C@H]2CCC(=O)N2)CC1)c1ncc(-c2cc(Cl)cc(Cl)c2OCC(F)F)cc1F. The number of hydrogen-bond acceptors (Lipinski definition) is 5. The lowest BCUT2D eigenvalue weighted by Crippen LogP contribution is -2.53. The van der Waals surface area contributed by atoms with Crippen molar-refractivity contribution >= 4 is 40.9 Å². The molecule has 198 valence electrons. The highest BCUT2D eigenvalue weighted by atomic mass is 35.5. The van der Waals surface area contributed by atoms with Crippen LogP contribution in [0.1, 0.15) is 44.3 Å². The predicted octanol–water partition coefficient (Wildman–Crippen LogP) is 3.94. The molecule has 0 unspecified atom stereocenters. The van der Waals surface area contributed by atoms with Crippen molar-refractivity contribution in [2.24, 2.45) is 0 Å². The van der Waals surface area contributed by atoms with Gasteiger partial charge in [-0.2, -0.15) is 0 Å². The van der Waals surface area contributed by atoms with Crippen LogP contribution in [-0.2, 0) is 14.4 Å². The average molecular weight is 559 g/mol. The molecule has 3 amide bonds. The first kappa shape index (κ1) is 27.0. The molecule has 0 radical (unpaired) electrons. The fraction of sp³-hybridized carbons (Fsp3) is 0.417. The highest BCUT2D eigenvalue weighted by Gasteiger charge is 2.52. The molecule has 2 aromatic rings. The number of hydrogen-bond donors (Lipinski definition) is 3. The normalized spacial score (nSPS) is 18.8. The van der Waals surface area contributed by atoms with E-state index in [-0.39, 0.29) is 44.9 Å². The van der Waals surface area contributed by atoms with E-state index in [0.29, 0.717) is 19.3 Å². The number of pyridine rings is 1. The van der Waals surface area contributed by atoms with Gasteiger partial charge in [-0.15, -0.1) is 0 Å². The van der Waals surface area contributed by atoms with Crippen molar-refractivity contribution in [2.75, 3.05) is 6.61 Å². The van der Waals surface area contributed by atoms with Crippen molar-refractivity contribution in [3.8, 4) is 16.9 Å². The van der Waals surface area contributed by atoms with Crippen molar-refractivity contribution in [3.05, 3.63) is 46.0 Å². The lowest BCUT2D eigenvalue weighted by atomic mass is 10.0. The summed E-state index contributed by atoms with van der Waals surface area (Å²) in [6.45, 7) is 0.613. The van der Waals surface area contributed by atoms with Crippen LogP contribution in [-0.4, -0.2) is 47.3 Å². The largest absolute Gasteiger partial charge is 0.485 e. The van der Waals surface area contributed by atoms with Crippen LogP contribution in [0.25, 0.3) is 11.1 Å². The van der Waals surface area contributed by atoms with E-state index in [0.717, 1.165) is 6.07 Å². The minimum Gasteiger partial charge on any atom is -0.485 e. The Morgan fingerprint density at radius 3 is 2.59 bits per heavy atom. The molecule has 0 bridgehead atoms. The molecule has 3 N–H and O–H groups in total. The molecule has 1 aromatic heterocycles. The Bertz CT molecular complexity index is 1240. The summed E-state index contributed by atoms with van der Waals surface area (Å²) in [6, 6.07) is 2.27. The van der Waals surface area contributed by atoms with Gasteiger partial charge < -0.3 is 20.7 Å². The summed E-state index contributed by atoms with van der Waals surface area (Å²) in [5.41, 5.74) is -0.848. The molecule has 4 rings (SSSR count). The first-order valence-electron chi connectivity index (χ1n) is 11.5. The number of halogens is 5. The van der Waals surface area contributed by atoms with Gasteiger partial charge in [-0.05, 0) is 44.4 Å². The third-order valence-electron chi connectivity index (χ3n) is 6.16. The van der Waals surface area contributed by atoms with Gasteiger partial charge in [0.2, 0.25) is 17.7 Å². The third kappa shape index (κ3) is 6.10. The highest BCUT2D eigenvalue weighted by Crippen LogP contribution is 2.40. The van der Waals surface area contributed by atoms with Crippen LogP contribution >= 0.6 is 23.2 Å². The Balaban J connectivity index is 1.48. The first-order valence-corrected chi connectivity index (χ1v) is 12.2. The topological polar surface area (TPSA) is 109 Å². The van der Waals surface area contributed by atoms with Gasteiger partial charge in [-0.3, -0.25) is 19.4 Å². The fourth-order valence-corrected chi connectivity index (χ4v) is 4.60. The fourth-order valence-electron chi connectivity index (χ4n) is 4.05. The first-order chi connectivity index (χ1) is 17.5. The molecule has 8 nitrogen and oxygen atoms in total. The van der Waals surface area contributed by atoms with Crippen molar-refractivity contribution in [1.82, 2.24) is 20.9 Å². The quantitative estimate of drug-likeness (QED) is 0.432. The smallest absolute Gasteiger partial charge is 0.272 e. The van der Waals surface area contributed by atoms with E-state index < -0.39 is 48.3 Å². The number of nitrogens with zero attached hydrogens (tertiary/aromatic N) is 1. The maximum Gasteiger partial charge on any atom is 0.272 e. The summed E-state index contributed by atoms with van der Waals surface area (Å²) < 4.78 is 45.6. The number of benzene rings is 1. The van der Waals surface area contributed by atoms with E-state index in [1.165, 1.54) is 25.3 Å². The van der Waals surface area contributed by atoms with Crippen LogP contribution in [0.3, 0.4) is 0 Å². The summed E-state index contributed by atoms with van der Waals surface area (Å²) in [7, 11) is 0. The standard InChI is InChI=1S/C24H23Cl2F3N4O4/c1-11(31-23(36)24(4-5-24)33-22(35)17-2-3-19(34)32-17)20-16(27)6-12(9-30-20)14-7-13(25)8-15(26)21(14)37-10-18(28)29/h6-9,11,17-18H,2-5,10H2,1H3,(H,31,36)(H,32,34)(H,33,35)/t11-,17-/m1/s1. The second-order valence-corrected chi connectivity index (χ2v) is 9.83. The minimum absolute atomic E-state index is 0.0257. The zero-order valence-electron chi connectivity index (χ0n) is 19.5. The highest BCUT2D eigenvalue weighted by molar-refractivity contribution is 6.36. The molecule has 0 spiro atoms. The van der Waals surface area contributed by atoms with Crippen molar-refractivity contribution in [3.63, 3.8) is 0 Å². The maximum absolute atomic E-state index is 15.1. The number of alkyl halides is 2. The summed E-state index contributed by atoms with van der Waals surface area (Å²) in [6.07, 6.45) is -0.0510. The number of ether oxygens (including phenoxy) is 1. The van der Waals surface area contributed by atoms with Gasteiger partial charge in [0.25, 0.3) is 6.43 Å². The Kier molecular flexibility index (Phi) is 7.84. The number of carbonyl (C=O) groups is 3. The number of aromatic nitrogens is 1. The van der Waals surface area contributed by atoms with Crippen LogP contribution in [0.2, 0.25) is 10.0 Å². The molecule has 2 heterocycles. The second-order valence-electron chi connectivity index (χ2n) is 8.98. The van der Waals surface area contributed by atoms with Gasteiger partial charge >= 0.3 is 0 Å². The molecule has 37 heavy (non-hydrogen) atoms. The van der Waals surface area contributed by atoms with E-state index in [1.54, 1.807) is 0 Å². The van der Waals surface area contributed by atoms with Crippen molar-refractivity contribution in [2.45, 2.75) is 56.7 Å². The molecule has 2 atom stereocenters. The minimum atomic E-state index is -2.75. The number of amides is 3. The van der Waals surface area contributed by atoms with E-state index >= 15 is 4.39 Å². The molecular weight excluding hydrogens is 536 g/mol. The molecule has 2 aliphatic rings. The van der Waals surface area contributed by atoms with E-state index in [4.69, 9.17) is 27.9 Å². The Labute approximate surface area is 220 Å². The van der Waals surface area contributed by atoms with Crippen LogP contribution in [0.5, 0.6) is 5.75 Å². The lowest BCUT2D eigenvalue weighted by Gasteiger charge is -2.22. The Morgan fingerprint density at radius 1 is 1.27 bits per heavy atom. The van der Waals surface area contributed by atoms with E-state index in [1.807, 2.05) is 0 Å². The summed E-state index contributed by atoms with van der Waals surface area (Å²) in [4.78, 5) is 40.8. The zero-order chi connectivity index (χ0) is 26.9. The Morgan fingerprint density at radius 2 is 2.00 bits per heavy atom. The third-order valence-corrected chi connectivity index (χ3v) is 6.66. The van der Waals surface area contributed by atoms with E-state index in [9.17, 15) is 23.2 Å². The number of rotatable bonds is 9. The molecule has 1 aliphatic carbocycles. The molecule has 1 saturated heterocycles. The van der Waals surface area contributed by atoms with Crippen molar-refractivity contribution in [1.29, 1.82) is 0 Å². The average Bonchev–Trinajstić information content (AvgIpc) is 3.48.